The smallest absolute Gasteiger partial charge is 0.410 e. The molecule has 1 aliphatic rings. The van der Waals surface area contributed by atoms with Crippen molar-refractivity contribution in [3.8, 4) is 0 Å². The number of anilines is 1. The van der Waals surface area contributed by atoms with E-state index >= 15 is 0 Å². The van der Waals surface area contributed by atoms with E-state index in [9.17, 15) is 4.79 Å². The maximum Gasteiger partial charge on any atom is 0.410 e. The van der Waals surface area contributed by atoms with E-state index in [1.807, 2.05) is 52.3 Å². The molecule has 24 heavy (non-hydrogen) atoms. The molecule has 2 aromatic rings. The lowest BCUT2D eigenvalue weighted by molar-refractivity contribution is 0.0242. The zero-order valence-electron chi connectivity index (χ0n) is 14.7. The van der Waals surface area contributed by atoms with Crippen molar-refractivity contribution >= 4 is 11.8 Å². The summed E-state index contributed by atoms with van der Waals surface area (Å²) in [5, 5.41) is 7.63. The van der Waals surface area contributed by atoms with Gasteiger partial charge in [0.1, 0.15) is 5.60 Å². The van der Waals surface area contributed by atoms with Crippen LogP contribution in [0.4, 0.5) is 10.5 Å². The second-order valence-electron chi connectivity index (χ2n) is 7.16. The predicted molar refractivity (Wildman–Crippen MR) is 92.5 cm³/mol. The van der Waals surface area contributed by atoms with Crippen LogP contribution in [-0.4, -0.2) is 26.4 Å². The number of benzene rings is 1. The van der Waals surface area contributed by atoms with E-state index in [1.54, 1.807) is 9.58 Å². The summed E-state index contributed by atoms with van der Waals surface area (Å²) < 4.78 is 7.27. The standard InChI is InChI=1S/C18H24N4O2/c1-18(2,3)24-17(23)22-11-14-6-5-7-16(15(14)12-22)19-8-13-9-20-21(4)10-13/h5-7,9-10,19H,8,11-12H2,1-4H3. The van der Waals surface area contributed by atoms with Crippen molar-refractivity contribution in [1.82, 2.24) is 14.7 Å². The van der Waals surface area contributed by atoms with Crippen LogP contribution in [-0.2, 0) is 31.4 Å². The Morgan fingerprint density at radius 1 is 1.33 bits per heavy atom. The zero-order valence-corrected chi connectivity index (χ0v) is 14.7. The van der Waals surface area contributed by atoms with Crippen LogP contribution in [0.15, 0.2) is 30.6 Å². The summed E-state index contributed by atoms with van der Waals surface area (Å²) in [6.45, 7) is 7.52. The molecular weight excluding hydrogens is 304 g/mol. The number of carbonyl (C=O) groups is 1. The Balaban J connectivity index is 1.69. The molecule has 0 saturated carbocycles. The normalized spacial score (nSPS) is 13.8. The van der Waals surface area contributed by atoms with Gasteiger partial charge < -0.3 is 10.1 Å². The van der Waals surface area contributed by atoms with E-state index in [2.05, 4.69) is 16.5 Å². The Kier molecular flexibility index (Phi) is 4.22. The van der Waals surface area contributed by atoms with Crippen molar-refractivity contribution in [1.29, 1.82) is 0 Å². The van der Waals surface area contributed by atoms with Gasteiger partial charge in [0.15, 0.2) is 0 Å². The summed E-state index contributed by atoms with van der Waals surface area (Å²) in [5.41, 5.74) is 4.02. The van der Waals surface area contributed by atoms with Crippen LogP contribution in [0.3, 0.4) is 0 Å². The fourth-order valence-electron chi connectivity index (χ4n) is 2.80. The van der Waals surface area contributed by atoms with E-state index in [4.69, 9.17) is 4.74 Å². The Morgan fingerprint density at radius 3 is 2.79 bits per heavy atom. The van der Waals surface area contributed by atoms with Gasteiger partial charge in [0.05, 0.1) is 12.7 Å². The largest absolute Gasteiger partial charge is 0.444 e. The van der Waals surface area contributed by atoms with Crippen molar-refractivity contribution in [2.45, 2.75) is 46.0 Å². The van der Waals surface area contributed by atoms with Crippen LogP contribution >= 0.6 is 0 Å². The fourth-order valence-corrected chi connectivity index (χ4v) is 2.80. The number of nitrogens with one attached hydrogen (secondary N) is 1. The molecule has 0 radical (unpaired) electrons. The molecule has 0 bridgehead atoms. The third-order valence-corrected chi connectivity index (χ3v) is 3.88. The summed E-state index contributed by atoms with van der Waals surface area (Å²) in [4.78, 5) is 14.0. The molecule has 0 atom stereocenters. The number of hydrogen-bond acceptors (Lipinski definition) is 4. The number of aromatic nitrogens is 2. The van der Waals surface area contributed by atoms with E-state index < -0.39 is 5.60 Å². The van der Waals surface area contributed by atoms with Crippen LogP contribution in [0.2, 0.25) is 0 Å². The van der Waals surface area contributed by atoms with Crippen LogP contribution in [0.25, 0.3) is 0 Å². The van der Waals surface area contributed by atoms with Crippen LogP contribution in [0.5, 0.6) is 0 Å². The minimum absolute atomic E-state index is 0.267. The fraction of sp³-hybridized carbons (Fsp3) is 0.444. The molecule has 1 aromatic carbocycles. The maximum atomic E-state index is 12.3. The quantitative estimate of drug-likeness (QED) is 0.939. The van der Waals surface area contributed by atoms with Gasteiger partial charge in [-0.1, -0.05) is 12.1 Å². The highest BCUT2D eigenvalue weighted by Crippen LogP contribution is 2.30. The van der Waals surface area contributed by atoms with Gasteiger partial charge in [-0.05, 0) is 38.0 Å². The van der Waals surface area contributed by atoms with Crippen molar-refractivity contribution in [3.63, 3.8) is 0 Å². The number of carbonyl (C=O) groups excluding carboxylic acids is 1. The third kappa shape index (κ3) is 3.69. The molecule has 0 unspecified atom stereocenters. The topological polar surface area (TPSA) is 59.4 Å². The first-order valence-corrected chi connectivity index (χ1v) is 8.12. The minimum Gasteiger partial charge on any atom is -0.444 e. The monoisotopic (exact) mass is 328 g/mol. The molecule has 0 fully saturated rings. The molecular formula is C18H24N4O2. The van der Waals surface area contributed by atoms with Gasteiger partial charge in [-0.2, -0.15) is 5.10 Å². The van der Waals surface area contributed by atoms with Gasteiger partial charge in [0, 0.05) is 37.6 Å². The second-order valence-corrected chi connectivity index (χ2v) is 7.16. The molecule has 1 aromatic heterocycles. The van der Waals surface area contributed by atoms with E-state index in [-0.39, 0.29) is 6.09 Å². The zero-order chi connectivity index (χ0) is 17.3. The lowest BCUT2D eigenvalue weighted by atomic mass is 10.1. The molecule has 6 heteroatoms. The minimum atomic E-state index is -0.479. The summed E-state index contributed by atoms with van der Waals surface area (Å²) in [5.74, 6) is 0. The second kappa shape index (κ2) is 6.19. The number of amides is 1. The van der Waals surface area contributed by atoms with Gasteiger partial charge >= 0.3 is 6.09 Å². The molecule has 1 amide bonds. The molecule has 0 aliphatic carbocycles. The first-order valence-electron chi connectivity index (χ1n) is 8.12. The number of nitrogens with zero attached hydrogens (tertiary/aromatic N) is 3. The average molecular weight is 328 g/mol. The predicted octanol–water partition coefficient (Wildman–Crippen LogP) is 3.28. The number of ether oxygens (including phenoxy) is 1. The van der Waals surface area contributed by atoms with Crippen molar-refractivity contribution in [2.24, 2.45) is 7.05 Å². The first kappa shape index (κ1) is 16.4. The molecule has 6 nitrogen and oxygen atoms in total. The lowest BCUT2D eigenvalue weighted by Crippen LogP contribution is -2.33. The van der Waals surface area contributed by atoms with Crippen molar-refractivity contribution in [2.75, 3.05) is 5.32 Å². The number of rotatable bonds is 3. The summed E-state index contributed by atoms with van der Waals surface area (Å²) >= 11 is 0. The molecule has 3 rings (SSSR count). The van der Waals surface area contributed by atoms with Gasteiger partial charge in [-0.3, -0.25) is 9.58 Å². The van der Waals surface area contributed by atoms with E-state index in [0.29, 0.717) is 19.6 Å². The summed E-state index contributed by atoms with van der Waals surface area (Å²) in [6.07, 6.45) is 3.57. The Labute approximate surface area is 142 Å². The Bertz CT molecular complexity index is 746. The highest BCUT2D eigenvalue weighted by molar-refractivity contribution is 5.71. The highest BCUT2D eigenvalue weighted by atomic mass is 16.6. The summed E-state index contributed by atoms with van der Waals surface area (Å²) in [7, 11) is 1.91. The van der Waals surface area contributed by atoms with E-state index in [0.717, 1.165) is 22.4 Å². The molecule has 1 N–H and O–H groups in total. The van der Waals surface area contributed by atoms with Crippen molar-refractivity contribution < 1.29 is 9.53 Å². The van der Waals surface area contributed by atoms with Gasteiger partial charge in [0.2, 0.25) is 0 Å². The maximum absolute atomic E-state index is 12.3. The molecule has 128 valence electrons. The average Bonchev–Trinajstić information content (AvgIpc) is 3.09. The van der Waals surface area contributed by atoms with Crippen LogP contribution in [0, 0.1) is 0 Å². The van der Waals surface area contributed by atoms with Crippen molar-refractivity contribution in [3.05, 3.63) is 47.3 Å². The Morgan fingerprint density at radius 2 is 2.12 bits per heavy atom. The molecule has 0 spiro atoms. The summed E-state index contributed by atoms with van der Waals surface area (Å²) in [6, 6.07) is 6.13. The number of hydrogen-bond donors (Lipinski definition) is 1. The molecule has 2 heterocycles. The highest BCUT2D eigenvalue weighted by Gasteiger charge is 2.29. The molecule has 0 saturated heterocycles. The lowest BCUT2D eigenvalue weighted by Gasteiger charge is -2.24. The Hall–Kier alpha value is -2.50. The van der Waals surface area contributed by atoms with Gasteiger partial charge in [-0.15, -0.1) is 0 Å². The number of aryl methyl sites for hydroxylation is 1. The number of fused-ring (bicyclic) bond motifs is 1. The van der Waals surface area contributed by atoms with Gasteiger partial charge in [0.25, 0.3) is 0 Å². The van der Waals surface area contributed by atoms with Crippen LogP contribution < -0.4 is 5.32 Å². The van der Waals surface area contributed by atoms with E-state index in [1.165, 1.54) is 0 Å². The van der Waals surface area contributed by atoms with Gasteiger partial charge in [-0.25, -0.2) is 4.79 Å². The molecule has 1 aliphatic heterocycles. The third-order valence-electron chi connectivity index (χ3n) is 3.88. The SMILES string of the molecule is Cn1cc(CNc2cccc3c2CN(C(=O)OC(C)(C)C)C3)cn1. The first-order chi connectivity index (χ1) is 11.3. The van der Waals surface area contributed by atoms with Crippen LogP contribution in [0.1, 0.15) is 37.5 Å².